The molecule has 0 radical (unpaired) electrons. The molecule has 4 rings (SSSR count). The number of hydrogen-bond acceptors (Lipinski definition) is 6. The van der Waals surface area contributed by atoms with Crippen LogP contribution in [0.4, 0.5) is 19.0 Å². The predicted octanol–water partition coefficient (Wildman–Crippen LogP) is 1.51. The Morgan fingerprint density at radius 1 is 1.26 bits per heavy atom. The van der Waals surface area contributed by atoms with E-state index >= 15 is 0 Å². The molecule has 166 valence electrons. The fraction of sp³-hybridized carbons (Fsp3) is 0.500. The van der Waals surface area contributed by atoms with Crippen molar-refractivity contribution in [1.82, 2.24) is 20.2 Å². The Balaban J connectivity index is 1.37. The minimum absolute atomic E-state index is 0.0454. The number of anilines is 1. The van der Waals surface area contributed by atoms with Gasteiger partial charge in [-0.25, -0.2) is 9.97 Å². The summed E-state index contributed by atoms with van der Waals surface area (Å²) in [7, 11) is 0. The summed E-state index contributed by atoms with van der Waals surface area (Å²) in [6.45, 7) is 1.19. The Hall–Kier alpha value is -2.95. The summed E-state index contributed by atoms with van der Waals surface area (Å²) in [5.74, 6) is -0.0909. The number of halogens is 3. The largest absolute Gasteiger partial charge is 0.416 e. The molecule has 0 bridgehead atoms. The quantitative estimate of drug-likeness (QED) is 0.633. The maximum absolute atomic E-state index is 13.1. The van der Waals surface area contributed by atoms with Crippen molar-refractivity contribution in [2.75, 3.05) is 25.0 Å². The molecule has 8 nitrogen and oxygen atoms in total. The number of benzene rings is 1. The van der Waals surface area contributed by atoms with Gasteiger partial charge < -0.3 is 21.3 Å². The first-order chi connectivity index (χ1) is 14.7. The Morgan fingerprint density at radius 3 is 2.74 bits per heavy atom. The van der Waals surface area contributed by atoms with E-state index in [2.05, 4.69) is 20.6 Å². The van der Waals surface area contributed by atoms with Crippen LogP contribution >= 0.6 is 0 Å². The lowest BCUT2D eigenvalue weighted by Gasteiger charge is -2.31. The van der Waals surface area contributed by atoms with Gasteiger partial charge in [0.2, 0.25) is 11.8 Å². The lowest BCUT2D eigenvalue weighted by Crippen LogP contribution is -2.46. The van der Waals surface area contributed by atoms with Crippen LogP contribution in [0.1, 0.15) is 24.8 Å². The van der Waals surface area contributed by atoms with Crippen molar-refractivity contribution in [1.29, 1.82) is 0 Å². The van der Waals surface area contributed by atoms with Crippen molar-refractivity contribution < 1.29 is 22.8 Å². The molecule has 1 atom stereocenters. The first-order valence-corrected chi connectivity index (χ1v) is 10.1. The summed E-state index contributed by atoms with van der Waals surface area (Å²) in [6, 6.07) is 2.72. The van der Waals surface area contributed by atoms with Gasteiger partial charge in [0, 0.05) is 37.0 Å². The molecule has 1 aliphatic carbocycles. The number of fused-ring (bicyclic) bond motifs is 1. The van der Waals surface area contributed by atoms with Crippen LogP contribution in [-0.2, 0) is 15.8 Å². The lowest BCUT2D eigenvalue weighted by atomic mass is 9.80. The van der Waals surface area contributed by atoms with E-state index in [4.69, 9.17) is 5.73 Å². The molecule has 1 aromatic carbocycles. The van der Waals surface area contributed by atoms with E-state index in [0.717, 1.165) is 12.1 Å². The van der Waals surface area contributed by atoms with Crippen LogP contribution in [0.5, 0.6) is 0 Å². The number of hydrogen-bond donors (Lipinski definition) is 3. The summed E-state index contributed by atoms with van der Waals surface area (Å²) >= 11 is 0. The van der Waals surface area contributed by atoms with E-state index in [1.165, 1.54) is 12.4 Å². The van der Waals surface area contributed by atoms with E-state index < -0.39 is 17.8 Å². The smallest absolute Gasteiger partial charge is 0.358 e. The highest BCUT2D eigenvalue weighted by molar-refractivity contribution is 5.93. The summed E-state index contributed by atoms with van der Waals surface area (Å²) in [4.78, 5) is 34.4. The monoisotopic (exact) mass is 436 g/mol. The number of nitrogens with two attached hydrogens (primary N) is 1. The second kappa shape index (κ2) is 8.29. The topological polar surface area (TPSA) is 113 Å². The van der Waals surface area contributed by atoms with Crippen molar-refractivity contribution in [2.24, 2.45) is 11.7 Å². The van der Waals surface area contributed by atoms with E-state index in [1.54, 1.807) is 4.90 Å². The van der Waals surface area contributed by atoms with Gasteiger partial charge in [-0.15, -0.1) is 0 Å². The fourth-order valence-electron chi connectivity index (χ4n) is 3.94. The number of aromatic nitrogens is 2. The highest BCUT2D eigenvalue weighted by Gasteiger charge is 2.34. The minimum atomic E-state index is -4.49. The second-order valence-electron chi connectivity index (χ2n) is 7.98. The molecule has 1 aromatic heterocycles. The molecule has 2 aliphatic rings. The standard InChI is InChI=1S/C20H23F3N6O2/c21-20(22,23)12-1-2-15-14(9-12)17(27-10-26-15)28-16-3-5-29(19(16)31)6-4-25-18(30)11-7-13(24)8-11/h1-2,9-11,13,16H,3-8,24H2,(H,25,30)(H,26,27,28)/t11-,13+,16-/m0/s1. The van der Waals surface area contributed by atoms with Crippen LogP contribution in [0.3, 0.4) is 0 Å². The van der Waals surface area contributed by atoms with E-state index in [-0.39, 0.29) is 35.0 Å². The molecule has 1 saturated carbocycles. The molecular weight excluding hydrogens is 413 g/mol. The van der Waals surface area contributed by atoms with Crippen LogP contribution < -0.4 is 16.4 Å². The fourth-order valence-corrected chi connectivity index (χ4v) is 3.94. The number of nitrogens with zero attached hydrogens (tertiary/aromatic N) is 3. The van der Waals surface area contributed by atoms with Gasteiger partial charge in [-0.05, 0) is 37.5 Å². The van der Waals surface area contributed by atoms with Gasteiger partial charge in [0.1, 0.15) is 18.2 Å². The third kappa shape index (κ3) is 4.55. The Morgan fingerprint density at radius 2 is 2.03 bits per heavy atom. The molecule has 4 N–H and O–H groups in total. The molecule has 0 unspecified atom stereocenters. The van der Waals surface area contributed by atoms with Crippen LogP contribution in [0.15, 0.2) is 24.5 Å². The summed E-state index contributed by atoms with van der Waals surface area (Å²) in [5.41, 5.74) is 5.24. The average Bonchev–Trinajstić information content (AvgIpc) is 3.04. The number of nitrogens with one attached hydrogen (secondary N) is 2. The number of rotatable bonds is 6. The SMILES string of the molecule is N[C@H]1C[C@@H](C(=O)NCCN2CC[C@H](Nc3ncnc4ccc(C(F)(F)F)cc34)C2=O)C1. The zero-order valence-corrected chi connectivity index (χ0v) is 16.7. The van der Waals surface area contributed by atoms with Crippen molar-refractivity contribution in [3.63, 3.8) is 0 Å². The third-order valence-electron chi connectivity index (χ3n) is 5.80. The number of amides is 2. The van der Waals surface area contributed by atoms with Gasteiger partial charge in [0.15, 0.2) is 0 Å². The lowest BCUT2D eigenvalue weighted by molar-refractivity contribution is -0.137. The average molecular weight is 436 g/mol. The molecule has 0 spiro atoms. The Bertz CT molecular complexity index is 993. The normalized spacial score (nSPS) is 23.7. The highest BCUT2D eigenvalue weighted by Crippen LogP contribution is 2.33. The second-order valence-corrected chi connectivity index (χ2v) is 7.98. The van der Waals surface area contributed by atoms with E-state index in [1.807, 2.05) is 0 Å². The van der Waals surface area contributed by atoms with Crippen molar-refractivity contribution in [3.8, 4) is 0 Å². The van der Waals surface area contributed by atoms with Crippen molar-refractivity contribution in [2.45, 2.75) is 37.5 Å². The maximum atomic E-state index is 13.1. The molecule has 2 fully saturated rings. The van der Waals surface area contributed by atoms with Gasteiger partial charge >= 0.3 is 6.18 Å². The molecule has 2 aromatic rings. The molecule has 1 saturated heterocycles. The van der Waals surface area contributed by atoms with Crippen molar-refractivity contribution >= 4 is 28.5 Å². The van der Waals surface area contributed by atoms with Crippen LogP contribution in [0, 0.1) is 5.92 Å². The van der Waals surface area contributed by atoms with Gasteiger partial charge in [0.05, 0.1) is 11.1 Å². The van der Waals surface area contributed by atoms with E-state index in [0.29, 0.717) is 44.4 Å². The number of carbonyl (C=O) groups is 2. The summed E-state index contributed by atoms with van der Waals surface area (Å²) < 4.78 is 39.2. The molecule has 11 heteroatoms. The highest BCUT2D eigenvalue weighted by atomic mass is 19.4. The molecule has 2 heterocycles. The molecule has 1 aliphatic heterocycles. The van der Waals surface area contributed by atoms with Crippen LogP contribution in [0.2, 0.25) is 0 Å². The van der Waals surface area contributed by atoms with Crippen LogP contribution in [0.25, 0.3) is 10.9 Å². The van der Waals surface area contributed by atoms with Gasteiger partial charge in [0.25, 0.3) is 0 Å². The Kier molecular flexibility index (Phi) is 5.69. The minimum Gasteiger partial charge on any atom is -0.358 e. The van der Waals surface area contributed by atoms with Gasteiger partial charge in [-0.3, -0.25) is 9.59 Å². The summed E-state index contributed by atoms with van der Waals surface area (Å²) in [5, 5.41) is 6.00. The number of alkyl halides is 3. The van der Waals surface area contributed by atoms with E-state index in [9.17, 15) is 22.8 Å². The number of likely N-dealkylation sites (tertiary alicyclic amines) is 1. The summed E-state index contributed by atoms with van der Waals surface area (Å²) in [6.07, 6.45) is -1.39. The van der Waals surface area contributed by atoms with Crippen molar-refractivity contribution in [3.05, 3.63) is 30.1 Å². The first kappa shape index (κ1) is 21.3. The number of carbonyl (C=O) groups excluding carboxylic acids is 2. The Labute approximate surface area is 176 Å². The predicted molar refractivity (Wildman–Crippen MR) is 107 cm³/mol. The van der Waals surface area contributed by atoms with Crippen LogP contribution in [-0.4, -0.2) is 58.4 Å². The zero-order chi connectivity index (χ0) is 22.2. The maximum Gasteiger partial charge on any atom is 0.416 e. The molecule has 2 amide bonds. The molecule has 31 heavy (non-hydrogen) atoms. The van der Waals surface area contributed by atoms with Gasteiger partial charge in [-0.2, -0.15) is 13.2 Å². The zero-order valence-electron chi connectivity index (χ0n) is 16.7. The third-order valence-corrected chi connectivity index (χ3v) is 5.80. The van der Waals surface area contributed by atoms with Gasteiger partial charge in [-0.1, -0.05) is 0 Å². The molecular formula is C20H23F3N6O2. The first-order valence-electron chi connectivity index (χ1n) is 10.1.